The summed E-state index contributed by atoms with van der Waals surface area (Å²) in [5, 5.41) is 2.94. The topological polar surface area (TPSA) is 73.6 Å². The number of nitrogens with two attached hydrogens (primary N) is 1. The summed E-state index contributed by atoms with van der Waals surface area (Å²) in [6.07, 6.45) is 1.03. The zero-order chi connectivity index (χ0) is 15.5. The Hall–Kier alpha value is -1.66. The Morgan fingerprint density at radius 1 is 1.43 bits per heavy atom. The predicted octanol–water partition coefficient (Wildman–Crippen LogP) is 2.03. The van der Waals surface area contributed by atoms with Crippen molar-refractivity contribution in [1.82, 2.24) is 0 Å². The lowest BCUT2D eigenvalue weighted by atomic mass is 9.79. The lowest BCUT2D eigenvalue weighted by Gasteiger charge is -2.34. The average Bonchev–Trinajstić information content (AvgIpc) is 2.49. The summed E-state index contributed by atoms with van der Waals surface area (Å²) in [5.74, 6) is 0.590. The second kappa shape index (κ2) is 6.41. The van der Waals surface area contributed by atoms with Gasteiger partial charge in [-0.05, 0) is 43.5 Å². The van der Waals surface area contributed by atoms with E-state index in [0.717, 1.165) is 17.0 Å². The molecule has 0 aromatic heterocycles. The Kier molecular flexibility index (Phi) is 4.80. The average molecular weight is 308 g/mol. The van der Waals surface area contributed by atoms with Crippen LogP contribution >= 0.6 is 12.2 Å². The molecule has 0 atom stereocenters. The Morgan fingerprint density at radius 2 is 2.10 bits per heavy atom. The van der Waals surface area contributed by atoms with Crippen molar-refractivity contribution >= 4 is 28.8 Å². The first-order chi connectivity index (χ1) is 9.99. The minimum Gasteiger partial charge on any atom is -0.497 e. The molecule has 21 heavy (non-hydrogen) atoms. The van der Waals surface area contributed by atoms with E-state index in [1.165, 1.54) is 0 Å². The Labute approximate surface area is 129 Å². The van der Waals surface area contributed by atoms with Crippen LogP contribution in [0.5, 0.6) is 5.75 Å². The van der Waals surface area contributed by atoms with Gasteiger partial charge >= 0.3 is 0 Å². The van der Waals surface area contributed by atoms with Gasteiger partial charge in [0.2, 0.25) is 5.91 Å². The van der Waals surface area contributed by atoms with Gasteiger partial charge in [-0.25, -0.2) is 0 Å². The molecule has 1 aliphatic rings. The summed E-state index contributed by atoms with van der Waals surface area (Å²) in [6, 6.07) is 5.49. The molecule has 0 bridgehead atoms. The van der Waals surface area contributed by atoms with E-state index in [1.54, 1.807) is 13.2 Å². The van der Waals surface area contributed by atoms with E-state index in [0.29, 0.717) is 26.1 Å². The van der Waals surface area contributed by atoms with Gasteiger partial charge in [-0.2, -0.15) is 0 Å². The number of thiocarbonyl (C=S) groups is 1. The third kappa shape index (κ3) is 3.16. The molecule has 2 rings (SSSR count). The minimum atomic E-state index is -0.819. The molecule has 1 amide bonds. The van der Waals surface area contributed by atoms with E-state index in [1.807, 2.05) is 19.1 Å². The van der Waals surface area contributed by atoms with E-state index < -0.39 is 5.41 Å². The van der Waals surface area contributed by atoms with E-state index in [9.17, 15) is 4.79 Å². The SMILES string of the molecule is COc1ccc(NC(=O)C2(C(N)=S)CCOCC2)c(C)c1. The molecule has 1 aromatic carbocycles. The fourth-order valence-corrected chi connectivity index (χ4v) is 2.75. The fourth-order valence-electron chi connectivity index (χ4n) is 2.45. The zero-order valence-electron chi connectivity index (χ0n) is 12.3. The lowest BCUT2D eigenvalue weighted by molar-refractivity contribution is -0.126. The van der Waals surface area contributed by atoms with E-state index in [4.69, 9.17) is 27.4 Å². The Bertz CT molecular complexity index is 554. The summed E-state index contributed by atoms with van der Waals surface area (Å²) in [4.78, 5) is 12.9. The van der Waals surface area contributed by atoms with Gasteiger partial charge in [0.1, 0.15) is 11.2 Å². The molecule has 1 saturated heterocycles. The molecule has 1 aromatic rings. The maximum absolute atomic E-state index is 12.7. The number of rotatable bonds is 4. The van der Waals surface area contributed by atoms with Gasteiger partial charge < -0.3 is 20.5 Å². The highest BCUT2D eigenvalue weighted by atomic mass is 32.1. The second-order valence-electron chi connectivity index (χ2n) is 5.19. The third-order valence-corrected chi connectivity index (χ3v) is 4.33. The highest BCUT2D eigenvalue weighted by Gasteiger charge is 2.43. The van der Waals surface area contributed by atoms with Crippen LogP contribution in [-0.2, 0) is 9.53 Å². The van der Waals surface area contributed by atoms with Crippen LogP contribution in [0.2, 0.25) is 0 Å². The van der Waals surface area contributed by atoms with E-state index >= 15 is 0 Å². The largest absolute Gasteiger partial charge is 0.497 e. The van der Waals surface area contributed by atoms with Crippen molar-refractivity contribution in [1.29, 1.82) is 0 Å². The monoisotopic (exact) mass is 308 g/mol. The van der Waals surface area contributed by atoms with Crippen LogP contribution in [0.15, 0.2) is 18.2 Å². The number of methoxy groups -OCH3 is 1. The van der Waals surface area contributed by atoms with Crippen molar-refractivity contribution in [3.63, 3.8) is 0 Å². The first-order valence-corrected chi connectivity index (χ1v) is 7.24. The van der Waals surface area contributed by atoms with Crippen molar-refractivity contribution in [2.75, 3.05) is 25.6 Å². The number of carbonyl (C=O) groups excluding carboxylic acids is 1. The molecular weight excluding hydrogens is 288 g/mol. The van der Waals surface area contributed by atoms with Gasteiger partial charge in [-0.1, -0.05) is 12.2 Å². The van der Waals surface area contributed by atoms with Crippen molar-refractivity contribution in [3.8, 4) is 5.75 Å². The number of anilines is 1. The molecule has 1 aliphatic heterocycles. The van der Waals surface area contributed by atoms with Crippen molar-refractivity contribution < 1.29 is 14.3 Å². The van der Waals surface area contributed by atoms with Crippen molar-refractivity contribution in [2.24, 2.45) is 11.1 Å². The first-order valence-electron chi connectivity index (χ1n) is 6.83. The van der Waals surface area contributed by atoms with Gasteiger partial charge in [0.25, 0.3) is 0 Å². The number of amides is 1. The molecule has 0 saturated carbocycles. The molecule has 5 nitrogen and oxygen atoms in total. The summed E-state index contributed by atoms with van der Waals surface area (Å²) in [6.45, 7) is 2.90. The molecular formula is C15H20N2O3S. The second-order valence-corrected chi connectivity index (χ2v) is 5.63. The smallest absolute Gasteiger partial charge is 0.237 e. The molecule has 1 fully saturated rings. The van der Waals surface area contributed by atoms with Crippen LogP contribution in [0, 0.1) is 12.3 Å². The van der Waals surface area contributed by atoms with Crippen LogP contribution in [-0.4, -0.2) is 31.2 Å². The van der Waals surface area contributed by atoms with Gasteiger partial charge in [-0.15, -0.1) is 0 Å². The quantitative estimate of drug-likeness (QED) is 0.833. The molecule has 6 heteroatoms. The van der Waals surface area contributed by atoms with Crippen LogP contribution in [0.4, 0.5) is 5.69 Å². The molecule has 0 unspecified atom stereocenters. The molecule has 3 N–H and O–H groups in total. The van der Waals surface area contributed by atoms with Crippen LogP contribution < -0.4 is 15.8 Å². The number of aryl methyl sites for hydroxylation is 1. The zero-order valence-corrected chi connectivity index (χ0v) is 13.1. The highest BCUT2D eigenvalue weighted by Crippen LogP contribution is 2.33. The summed E-state index contributed by atoms with van der Waals surface area (Å²) >= 11 is 5.13. The maximum atomic E-state index is 12.7. The first kappa shape index (κ1) is 15.7. The van der Waals surface area contributed by atoms with Gasteiger partial charge in [0.05, 0.1) is 12.1 Å². The summed E-state index contributed by atoms with van der Waals surface area (Å²) in [7, 11) is 1.61. The molecule has 0 radical (unpaired) electrons. The molecule has 0 spiro atoms. The number of nitrogens with one attached hydrogen (secondary N) is 1. The number of carbonyl (C=O) groups is 1. The lowest BCUT2D eigenvalue weighted by Crippen LogP contribution is -2.49. The van der Waals surface area contributed by atoms with Gasteiger partial charge in [-0.3, -0.25) is 4.79 Å². The minimum absolute atomic E-state index is 0.161. The van der Waals surface area contributed by atoms with Gasteiger partial charge in [0, 0.05) is 18.9 Å². The fraction of sp³-hybridized carbons (Fsp3) is 0.467. The van der Waals surface area contributed by atoms with Crippen LogP contribution in [0.25, 0.3) is 0 Å². The number of ether oxygens (including phenoxy) is 2. The van der Waals surface area contributed by atoms with E-state index in [2.05, 4.69) is 5.32 Å². The van der Waals surface area contributed by atoms with Gasteiger partial charge in [0.15, 0.2) is 0 Å². The maximum Gasteiger partial charge on any atom is 0.237 e. The van der Waals surface area contributed by atoms with Crippen LogP contribution in [0.1, 0.15) is 18.4 Å². The molecule has 114 valence electrons. The summed E-state index contributed by atoms with van der Waals surface area (Å²) < 4.78 is 10.5. The number of hydrogen-bond donors (Lipinski definition) is 2. The number of hydrogen-bond acceptors (Lipinski definition) is 4. The standard InChI is InChI=1S/C15H20N2O3S/c1-10-9-11(19-2)3-4-12(10)17-14(18)15(13(16)21)5-7-20-8-6-15/h3-4,9H,5-8H2,1-2H3,(H2,16,21)(H,17,18). The highest BCUT2D eigenvalue weighted by molar-refractivity contribution is 7.80. The molecule has 1 heterocycles. The Morgan fingerprint density at radius 3 is 2.62 bits per heavy atom. The Balaban J connectivity index is 2.21. The van der Waals surface area contributed by atoms with E-state index in [-0.39, 0.29) is 10.9 Å². The molecule has 0 aliphatic carbocycles. The predicted molar refractivity (Wildman–Crippen MR) is 85.6 cm³/mol. The van der Waals surface area contributed by atoms with Crippen molar-refractivity contribution in [2.45, 2.75) is 19.8 Å². The van der Waals surface area contributed by atoms with Crippen LogP contribution in [0.3, 0.4) is 0 Å². The number of benzene rings is 1. The third-order valence-electron chi connectivity index (χ3n) is 3.93. The summed E-state index contributed by atoms with van der Waals surface area (Å²) in [5.41, 5.74) is 6.68. The normalized spacial score (nSPS) is 17.0. The van der Waals surface area contributed by atoms with Crippen molar-refractivity contribution in [3.05, 3.63) is 23.8 Å².